The lowest BCUT2D eigenvalue weighted by molar-refractivity contribution is 0.0697. The number of hydrogen-bond acceptors (Lipinski definition) is 4. The van der Waals surface area contributed by atoms with E-state index in [1.165, 1.54) is 6.07 Å². The minimum absolute atomic E-state index is 0.143. The third-order valence-corrected chi connectivity index (χ3v) is 2.75. The van der Waals surface area contributed by atoms with E-state index in [9.17, 15) is 4.79 Å². The molecule has 0 aliphatic rings. The van der Waals surface area contributed by atoms with Crippen molar-refractivity contribution >= 4 is 17.6 Å². The van der Waals surface area contributed by atoms with Crippen LogP contribution >= 0.6 is 11.6 Å². The number of carbonyl (C=O) groups is 1. The standard InChI is InChI=1S/C7H5ClO2.C7H18N2O/c8-6-4-2-1-3-5(6)7(9)10;8-4-1-2-5-9-6-3-7-10/h1-4H,(H,9,10);9-10H,1-8H2. The van der Waals surface area contributed by atoms with Crippen LogP contribution in [0.15, 0.2) is 24.3 Å². The van der Waals surface area contributed by atoms with Crippen LogP contribution in [0, 0.1) is 0 Å². The molecule has 20 heavy (non-hydrogen) atoms. The van der Waals surface area contributed by atoms with Crippen LogP contribution < -0.4 is 11.1 Å². The van der Waals surface area contributed by atoms with Crippen LogP contribution in [-0.2, 0) is 0 Å². The minimum Gasteiger partial charge on any atom is -0.478 e. The van der Waals surface area contributed by atoms with Crippen LogP contribution in [0.4, 0.5) is 0 Å². The molecule has 0 saturated carbocycles. The van der Waals surface area contributed by atoms with E-state index in [0.717, 1.165) is 38.9 Å². The predicted molar refractivity (Wildman–Crippen MR) is 81.3 cm³/mol. The molecule has 114 valence electrons. The van der Waals surface area contributed by atoms with E-state index in [1.807, 2.05) is 0 Å². The third kappa shape index (κ3) is 9.75. The summed E-state index contributed by atoms with van der Waals surface area (Å²) in [5.74, 6) is -0.995. The maximum Gasteiger partial charge on any atom is 0.337 e. The molecule has 0 amide bonds. The van der Waals surface area contributed by atoms with E-state index >= 15 is 0 Å². The van der Waals surface area contributed by atoms with Gasteiger partial charge in [-0.15, -0.1) is 0 Å². The quantitative estimate of drug-likeness (QED) is 0.549. The molecule has 0 spiro atoms. The summed E-state index contributed by atoms with van der Waals surface area (Å²) in [6, 6.07) is 6.33. The Bertz CT molecular complexity index is 367. The SMILES string of the molecule is NCCCCNCCCO.O=C(O)c1ccccc1Cl. The highest BCUT2D eigenvalue weighted by Gasteiger charge is 2.04. The zero-order chi connectivity index (χ0) is 15.2. The van der Waals surface area contributed by atoms with Crippen LogP contribution in [0.2, 0.25) is 5.02 Å². The molecule has 1 aromatic rings. The summed E-state index contributed by atoms with van der Waals surface area (Å²) in [5, 5.41) is 20.4. The first-order valence-corrected chi connectivity index (χ1v) is 7.00. The topological polar surface area (TPSA) is 95.6 Å². The number of rotatable bonds is 8. The Morgan fingerprint density at radius 1 is 1.20 bits per heavy atom. The number of nitrogens with two attached hydrogens (primary N) is 1. The molecular weight excluding hydrogens is 280 g/mol. The lowest BCUT2D eigenvalue weighted by Crippen LogP contribution is -2.18. The average Bonchev–Trinajstić information content (AvgIpc) is 2.44. The van der Waals surface area contributed by atoms with Crippen molar-refractivity contribution in [1.29, 1.82) is 0 Å². The highest BCUT2D eigenvalue weighted by molar-refractivity contribution is 6.33. The summed E-state index contributed by atoms with van der Waals surface area (Å²) in [7, 11) is 0. The second kappa shape index (κ2) is 12.9. The van der Waals surface area contributed by atoms with Crippen molar-refractivity contribution in [3.8, 4) is 0 Å². The molecule has 0 radical (unpaired) electrons. The van der Waals surface area contributed by atoms with Crippen LogP contribution in [0.1, 0.15) is 29.6 Å². The van der Waals surface area contributed by atoms with Gasteiger partial charge < -0.3 is 21.3 Å². The first-order valence-electron chi connectivity index (χ1n) is 6.63. The number of hydrogen-bond donors (Lipinski definition) is 4. The van der Waals surface area contributed by atoms with E-state index in [0.29, 0.717) is 0 Å². The van der Waals surface area contributed by atoms with Crippen molar-refractivity contribution in [3.05, 3.63) is 34.9 Å². The Labute approximate surface area is 124 Å². The van der Waals surface area contributed by atoms with Crippen molar-refractivity contribution in [3.63, 3.8) is 0 Å². The Morgan fingerprint density at radius 3 is 2.35 bits per heavy atom. The van der Waals surface area contributed by atoms with Crippen LogP contribution in [0.3, 0.4) is 0 Å². The third-order valence-electron chi connectivity index (χ3n) is 2.42. The molecule has 0 aromatic heterocycles. The molecule has 0 bridgehead atoms. The molecule has 0 unspecified atom stereocenters. The van der Waals surface area contributed by atoms with Gasteiger partial charge in [-0.25, -0.2) is 4.79 Å². The van der Waals surface area contributed by atoms with Crippen molar-refractivity contribution in [1.82, 2.24) is 5.32 Å². The molecular formula is C14H23ClN2O3. The van der Waals surface area contributed by atoms with Gasteiger partial charge in [0, 0.05) is 6.61 Å². The van der Waals surface area contributed by atoms with Gasteiger partial charge in [0.05, 0.1) is 10.6 Å². The summed E-state index contributed by atoms with van der Waals surface area (Å²) in [4.78, 5) is 10.3. The number of benzene rings is 1. The molecule has 1 rings (SSSR count). The van der Waals surface area contributed by atoms with Gasteiger partial charge in [-0.05, 0) is 51.0 Å². The van der Waals surface area contributed by atoms with Crippen LogP contribution in [-0.4, -0.2) is 42.4 Å². The lowest BCUT2D eigenvalue weighted by Gasteiger charge is -2.00. The normalized spacial score (nSPS) is 9.75. The summed E-state index contributed by atoms with van der Waals surface area (Å²) >= 11 is 5.54. The van der Waals surface area contributed by atoms with Gasteiger partial charge in [0.15, 0.2) is 0 Å². The molecule has 0 aliphatic heterocycles. The number of carboxylic acids is 1. The molecule has 0 saturated heterocycles. The maximum atomic E-state index is 10.3. The summed E-state index contributed by atoms with van der Waals surface area (Å²) in [5.41, 5.74) is 5.44. The maximum absolute atomic E-state index is 10.3. The second-order valence-corrected chi connectivity index (χ2v) is 4.52. The minimum atomic E-state index is -0.995. The smallest absolute Gasteiger partial charge is 0.337 e. The van der Waals surface area contributed by atoms with E-state index in [1.54, 1.807) is 18.2 Å². The number of aliphatic hydroxyl groups is 1. The Morgan fingerprint density at radius 2 is 1.85 bits per heavy atom. The number of aromatic carboxylic acids is 1. The van der Waals surface area contributed by atoms with E-state index in [2.05, 4.69) is 5.32 Å². The van der Waals surface area contributed by atoms with Gasteiger partial charge in [-0.1, -0.05) is 23.7 Å². The average molecular weight is 303 g/mol. The highest BCUT2D eigenvalue weighted by Crippen LogP contribution is 2.13. The molecule has 0 fully saturated rings. The van der Waals surface area contributed by atoms with Crippen LogP contribution in [0.25, 0.3) is 0 Å². The fourth-order valence-corrected chi connectivity index (χ4v) is 1.57. The zero-order valence-corrected chi connectivity index (χ0v) is 12.3. The van der Waals surface area contributed by atoms with E-state index in [4.69, 9.17) is 27.5 Å². The van der Waals surface area contributed by atoms with Gasteiger partial charge >= 0.3 is 5.97 Å². The summed E-state index contributed by atoms with van der Waals surface area (Å²) in [6.07, 6.45) is 3.08. The van der Waals surface area contributed by atoms with Crippen molar-refractivity contribution in [2.24, 2.45) is 5.73 Å². The number of nitrogens with one attached hydrogen (secondary N) is 1. The predicted octanol–water partition coefficient (Wildman–Crippen LogP) is 1.74. The molecule has 6 heteroatoms. The number of unbranched alkanes of at least 4 members (excludes halogenated alkanes) is 1. The van der Waals surface area contributed by atoms with E-state index in [-0.39, 0.29) is 17.2 Å². The number of halogens is 1. The van der Waals surface area contributed by atoms with Gasteiger partial charge in [0.1, 0.15) is 0 Å². The van der Waals surface area contributed by atoms with Crippen LogP contribution in [0.5, 0.6) is 0 Å². The number of aliphatic hydroxyl groups excluding tert-OH is 1. The van der Waals surface area contributed by atoms with Gasteiger partial charge in [-0.2, -0.15) is 0 Å². The van der Waals surface area contributed by atoms with Crippen molar-refractivity contribution in [2.45, 2.75) is 19.3 Å². The highest BCUT2D eigenvalue weighted by atomic mass is 35.5. The van der Waals surface area contributed by atoms with Gasteiger partial charge in [-0.3, -0.25) is 0 Å². The Balaban J connectivity index is 0.000000361. The molecule has 0 atom stereocenters. The molecule has 1 aromatic carbocycles. The fraction of sp³-hybridized carbons (Fsp3) is 0.500. The van der Waals surface area contributed by atoms with Gasteiger partial charge in [0.25, 0.3) is 0 Å². The number of carboxylic acid groups (broad SMARTS) is 1. The fourth-order valence-electron chi connectivity index (χ4n) is 1.36. The molecule has 5 N–H and O–H groups in total. The molecule has 0 heterocycles. The molecule has 5 nitrogen and oxygen atoms in total. The Hall–Kier alpha value is -1.14. The van der Waals surface area contributed by atoms with Gasteiger partial charge in [0.2, 0.25) is 0 Å². The monoisotopic (exact) mass is 302 g/mol. The first kappa shape index (κ1) is 18.9. The first-order chi connectivity index (χ1) is 9.63. The van der Waals surface area contributed by atoms with Crippen molar-refractivity contribution in [2.75, 3.05) is 26.2 Å². The second-order valence-electron chi connectivity index (χ2n) is 4.11. The van der Waals surface area contributed by atoms with E-state index < -0.39 is 5.97 Å². The lowest BCUT2D eigenvalue weighted by atomic mass is 10.2. The Kier molecular flexibility index (Phi) is 12.1. The largest absolute Gasteiger partial charge is 0.478 e. The summed E-state index contributed by atoms with van der Waals surface area (Å²) < 4.78 is 0. The van der Waals surface area contributed by atoms with Crippen molar-refractivity contribution < 1.29 is 15.0 Å². The summed E-state index contributed by atoms with van der Waals surface area (Å²) in [6.45, 7) is 3.00. The molecule has 0 aliphatic carbocycles. The zero-order valence-electron chi connectivity index (χ0n) is 11.5.